The van der Waals surface area contributed by atoms with Gasteiger partial charge < -0.3 is 20.1 Å². The van der Waals surface area contributed by atoms with E-state index in [4.69, 9.17) is 15.2 Å². The fourth-order valence-electron chi connectivity index (χ4n) is 1.79. The molecular weight excluding hydrogens is 204 g/mol. The molecule has 2 N–H and O–H groups in total. The van der Waals surface area contributed by atoms with Crippen molar-refractivity contribution in [1.82, 2.24) is 0 Å². The SMILES string of the molecule is CC(CCN)N(C)c1ccc2c(c1)OCO2. The molecule has 0 radical (unpaired) electrons. The van der Waals surface area contributed by atoms with E-state index < -0.39 is 0 Å². The summed E-state index contributed by atoms with van der Waals surface area (Å²) in [5.74, 6) is 1.65. The molecular formula is C12H18N2O2. The van der Waals surface area contributed by atoms with Gasteiger partial charge in [0.25, 0.3) is 0 Å². The van der Waals surface area contributed by atoms with E-state index in [1.165, 1.54) is 0 Å². The molecule has 2 rings (SSSR count). The van der Waals surface area contributed by atoms with Crippen LogP contribution in [0.5, 0.6) is 11.5 Å². The van der Waals surface area contributed by atoms with Gasteiger partial charge in [0.2, 0.25) is 6.79 Å². The number of anilines is 1. The van der Waals surface area contributed by atoms with Crippen LogP contribution >= 0.6 is 0 Å². The first-order chi connectivity index (χ1) is 7.72. The van der Waals surface area contributed by atoms with Crippen LogP contribution in [0.2, 0.25) is 0 Å². The van der Waals surface area contributed by atoms with Crippen molar-refractivity contribution in [2.75, 3.05) is 25.3 Å². The zero-order chi connectivity index (χ0) is 11.5. The van der Waals surface area contributed by atoms with Crippen LogP contribution < -0.4 is 20.1 Å². The van der Waals surface area contributed by atoms with Gasteiger partial charge in [-0.1, -0.05) is 0 Å². The Morgan fingerprint density at radius 3 is 2.88 bits per heavy atom. The number of fused-ring (bicyclic) bond motifs is 1. The van der Waals surface area contributed by atoms with E-state index >= 15 is 0 Å². The van der Waals surface area contributed by atoms with Gasteiger partial charge in [-0.15, -0.1) is 0 Å². The smallest absolute Gasteiger partial charge is 0.231 e. The molecule has 0 aliphatic carbocycles. The van der Waals surface area contributed by atoms with E-state index in [1.54, 1.807) is 0 Å². The Bertz CT molecular complexity index is 368. The van der Waals surface area contributed by atoms with Gasteiger partial charge in [-0.3, -0.25) is 0 Å². The minimum absolute atomic E-state index is 0.320. The van der Waals surface area contributed by atoms with E-state index in [0.29, 0.717) is 19.4 Å². The second kappa shape index (κ2) is 4.61. The monoisotopic (exact) mass is 222 g/mol. The predicted octanol–water partition coefficient (Wildman–Crippen LogP) is 1.59. The molecule has 1 aromatic carbocycles. The molecule has 1 unspecified atom stereocenters. The summed E-state index contributed by atoms with van der Waals surface area (Å²) in [6, 6.07) is 6.42. The van der Waals surface area contributed by atoms with Gasteiger partial charge in [0.05, 0.1) is 0 Å². The number of rotatable bonds is 4. The number of ether oxygens (including phenoxy) is 2. The quantitative estimate of drug-likeness (QED) is 0.840. The molecule has 1 heterocycles. The Hall–Kier alpha value is -1.42. The Labute approximate surface area is 95.9 Å². The maximum Gasteiger partial charge on any atom is 0.231 e. The third kappa shape index (κ3) is 2.07. The molecule has 88 valence electrons. The molecule has 1 aliphatic rings. The van der Waals surface area contributed by atoms with E-state index in [-0.39, 0.29) is 0 Å². The van der Waals surface area contributed by atoms with E-state index in [1.807, 2.05) is 18.2 Å². The number of nitrogens with two attached hydrogens (primary N) is 1. The van der Waals surface area contributed by atoms with Gasteiger partial charge in [0.1, 0.15) is 0 Å². The molecule has 1 atom stereocenters. The van der Waals surface area contributed by atoms with Gasteiger partial charge in [-0.2, -0.15) is 0 Å². The summed E-state index contributed by atoms with van der Waals surface area (Å²) in [5.41, 5.74) is 6.69. The average molecular weight is 222 g/mol. The summed E-state index contributed by atoms with van der Waals surface area (Å²) in [4.78, 5) is 2.20. The molecule has 0 aromatic heterocycles. The molecule has 0 amide bonds. The first-order valence-corrected chi connectivity index (χ1v) is 5.55. The van der Waals surface area contributed by atoms with Crippen molar-refractivity contribution < 1.29 is 9.47 Å². The Morgan fingerprint density at radius 1 is 1.38 bits per heavy atom. The standard InChI is InChI=1S/C12H18N2O2/c1-9(5-6-13)14(2)10-3-4-11-12(7-10)16-8-15-11/h3-4,7,9H,5-6,8,13H2,1-2H3. The fraction of sp³-hybridized carbons (Fsp3) is 0.500. The third-order valence-corrected chi connectivity index (χ3v) is 3.01. The highest BCUT2D eigenvalue weighted by atomic mass is 16.7. The van der Waals surface area contributed by atoms with Crippen molar-refractivity contribution in [2.45, 2.75) is 19.4 Å². The zero-order valence-electron chi connectivity index (χ0n) is 9.77. The van der Waals surface area contributed by atoms with E-state index in [9.17, 15) is 0 Å². The van der Waals surface area contributed by atoms with Crippen molar-refractivity contribution in [1.29, 1.82) is 0 Å². The first kappa shape index (κ1) is 11.1. The van der Waals surface area contributed by atoms with Gasteiger partial charge in [-0.05, 0) is 32.0 Å². The predicted molar refractivity (Wildman–Crippen MR) is 64.1 cm³/mol. The molecule has 4 heteroatoms. The molecule has 0 spiro atoms. The Kier molecular flexibility index (Phi) is 3.19. The molecule has 0 bridgehead atoms. The van der Waals surface area contributed by atoms with Crippen molar-refractivity contribution in [2.24, 2.45) is 5.73 Å². The normalized spacial score (nSPS) is 14.9. The maximum absolute atomic E-state index is 5.56. The highest BCUT2D eigenvalue weighted by Crippen LogP contribution is 2.35. The van der Waals surface area contributed by atoms with Gasteiger partial charge >= 0.3 is 0 Å². The van der Waals surface area contributed by atoms with Gasteiger partial charge in [-0.25, -0.2) is 0 Å². The lowest BCUT2D eigenvalue weighted by Crippen LogP contribution is -2.30. The van der Waals surface area contributed by atoms with E-state index in [0.717, 1.165) is 23.6 Å². The fourth-order valence-corrected chi connectivity index (χ4v) is 1.79. The van der Waals surface area contributed by atoms with Crippen LogP contribution in [0.1, 0.15) is 13.3 Å². The summed E-state index contributed by atoms with van der Waals surface area (Å²) in [7, 11) is 2.07. The van der Waals surface area contributed by atoms with Crippen molar-refractivity contribution >= 4 is 5.69 Å². The zero-order valence-corrected chi connectivity index (χ0v) is 9.77. The van der Waals surface area contributed by atoms with Crippen LogP contribution in [0.15, 0.2) is 18.2 Å². The topological polar surface area (TPSA) is 47.7 Å². The van der Waals surface area contributed by atoms with Crippen LogP contribution in [0.25, 0.3) is 0 Å². The highest BCUT2D eigenvalue weighted by molar-refractivity contribution is 5.57. The van der Waals surface area contributed by atoms with Gasteiger partial charge in [0, 0.05) is 24.8 Å². The number of benzene rings is 1. The molecule has 1 aliphatic heterocycles. The summed E-state index contributed by atoms with van der Waals surface area (Å²) in [6.07, 6.45) is 0.977. The van der Waals surface area contributed by atoms with Gasteiger partial charge in [0.15, 0.2) is 11.5 Å². The van der Waals surface area contributed by atoms with Crippen molar-refractivity contribution in [3.05, 3.63) is 18.2 Å². The molecule has 4 nitrogen and oxygen atoms in total. The maximum atomic E-state index is 5.56. The first-order valence-electron chi connectivity index (χ1n) is 5.55. The van der Waals surface area contributed by atoms with Crippen LogP contribution in [0.4, 0.5) is 5.69 Å². The van der Waals surface area contributed by atoms with E-state index in [2.05, 4.69) is 18.9 Å². The van der Waals surface area contributed by atoms with Crippen LogP contribution in [-0.2, 0) is 0 Å². The number of hydrogen-bond donors (Lipinski definition) is 1. The molecule has 16 heavy (non-hydrogen) atoms. The largest absolute Gasteiger partial charge is 0.454 e. The average Bonchev–Trinajstić information content (AvgIpc) is 2.75. The minimum Gasteiger partial charge on any atom is -0.454 e. The summed E-state index contributed by atoms with van der Waals surface area (Å²) in [5, 5.41) is 0. The lowest BCUT2D eigenvalue weighted by atomic mass is 10.2. The molecule has 0 saturated heterocycles. The second-order valence-electron chi connectivity index (χ2n) is 4.07. The Morgan fingerprint density at radius 2 is 2.12 bits per heavy atom. The molecule has 0 fully saturated rings. The van der Waals surface area contributed by atoms with Crippen LogP contribution in [0, 0.1) is 0 Å². The van der Waals surface area contributed by atoms with Crippen LogP contribution in [-0.4, -0.2) is 26.4 Å². The van der Waals surface area contributed by atoms with Crippen LogP contribution in [0.3, 0.4) is 0 Å². The second-order valence-corrected chi connectivity index (χ2v) is 4.07. The number of hydrogen-bond acceptors (Lipinski definition) is 4. The third-order valence-electron chi connectivity index (χ3n) is 3.01. The minimum atomic E-state index is 0.320. The Balaban J connectivity index is 2.14. The summed E-state index contributed by atoms with van der Waals surface area (Å²) < 4.78 is 10.6. The summed E-state index contributed by atoms with van der Waals surface area (Å²) >= 11 is 0. The number of nitrogens with zero attached hydrogens (tertiary/aromatic N) is 1. The van der Waals surface area contributed by atoms with Crippen molar-refractivity contribution in [3.63, 3.8) is 0 Å². The summed E-state index contributed by atoms with van der Waals surface area (Å²) in [6.45, 7) is 3.19. The lowest BCUT2D eigenvalue weighted by molar-refractivity contribution is 0.174. The lowest BCUT2D eigenvalue weighted by Gasteiger charge is -2.26. The molecule has 0 saturated carbocycles. The van der Waals surface area contributed by atoms with Crippen molar-refractivity contribution in [3.8, 4) is 11.5 Å². The highest BCUT2D eigenvalue weighted by Gasteiger charge is 2.16. The molecule has 1 aromatic rings.